The van der Waals surface area contributed by atoms with Crippen LogP contribution in [0, 0.1) is 13.8 Å². The molecule has 0 saturated carbocycles. The molecule has 0 saturated heterocycles. The second kappa shape index (κ2) is 4.53. The van der Waals surface area contributed by atoms with Gasteiger partial charge in [0, 0.05) is 19.2 Å². The summed E-state index contributed by atoms with van der Waals surface area (Å²) in [7, 11) is 1.85. The third-order valence-corrected chi connectivity index (χ3v) is 2.98. The van der Waals surface area contributed by atoms with Gasteiger partial charge in [-0.25, -0.2) is 0 Å². The highest BCUT2D eigenvalue weighted by atomic mass is 16.1. The summed E-state index contributed by atoms with van der Waals surface area (Å²) in [6.45, 7) is 3.94. The van der Waals surface area contributed by atoms with E-state index in [0.29, 0.717) is 12.0 Å². The summed E-state index contributed by atoms with van der Waals surface area (Å²) < 4.78 is 1.73. The molecule has 0 N–H and O–H groups in total. The van der Waals surface area contributed by atoms with Gasteiger partial charge >= 0.3 is 0 Å². The van der Waals surface area contributed by atoms with Gasteiger partial charge in [0.1, 0.15) is 0 Å². The minimum Gasteiger partial charge on any atom is -0.294 e. The van der Waals surface area contributed by atoms with Crippen molar-refractivity contribution in [3.05, 3.63) is 52.8 Å². The van der Waals surface area contributed by atoms with E-state index in [4.69, 9.17) is 0 Å². The molecule has 3 heteroatoms. The lowest BCUT2D eigenvalue weighted by atomic mass is 10.0. The third-order valence-electron chi connectivity index (χ3n) is 2.98. The molecule has 0 unspecified atom stereocenters. The molecule has 0 amide bonds. The standard InChI is InChI=1S/C14H16N2O/c1-10-5-4-6-12(7-10)8-14(17)13-9-15-16(3)11(13)2/h4-7,9H,8H2,1-3H3. The van der Waals surface area contributed by atoms with Crippen molar-refractivity contribution in [3.63, 3.8) is 0 Å². The lowest BCUT2D eigenvalue weighted by Crippen LogP contribution is -2.05. The Morgan fingerprint density at radius 2 is 2.12 bits per heavy atom. The molecule has 3 nitrogen and oxygen atoms in total. The molecule has 0 fully saturated rings. The molecule has 0 aliphatic heterocycles. The Hall–Kier alpha value is -1.90. The number of benzene rings is 1. The van der Waals surface area contributed by atoms with Gasteiger partial charge in [-0.2, -0.15) is 5.10 Å². The molecule has 2 rings (SSSR count). The van der Waals surface area contributed by atoms with E-state index < -0.39 is 0 Å². The topological polar surface area (TPSA) is 34.9 Å². The Morgan fingerprint density at radius 3 is 2.71 bits per heavy atom. The molecule has 0 atom stereocenters. The van der Waals surface area contributed by atoms with E-state index in [-0.39, 0.29) is 5.78 Å². The first-order valence-corrected chi connectivity index (χ1v) is 5.65. The minimum atomic E-state index is 0.126. The zero-order chi connectivity index (χ0) is 12.4. The van der Waals surface area contributed by atoms with Gasteiger partial charge in [-0.15, -0.1) is 0 Å². The number of Topliss-reactive ketones (excluding diaryl/α,β-unsaturated/α-hetero) is 1. The zero-order valence-electron chi connectivity index (χ0n) is 10.4. The van der Waals surface area contributed by atoms with Gasteiger partial charge in [0.25, 0.3) is 0 Å². The summed E-state index contributed by atoms with van der Waals surface area (Å²) in [5, 5.41) is 4.09. The van der Waals surface area contributed by atoms with Crippen LogP contribution < -0.4 is 0 Å². The molecule has 0 spiro atoms. The SMILES string of the molecule is Cc1cccc(CC(=O)c2cnn(C)c2C)c1. The maximum Gasteiger partial charge on any atom is 0.170 e. The third kappa shape index (κ3) is 2.44. The molecule has 1 aromatic carbocycles. The maximum absolute atomic E-state index is 12.1. The highest BCUT2D eigenvalue weighted by Crippen LogP contribution is 2.12. The minimum absolute atomic E-state index is 0.126. The Morgan fingerprint density at radius 1 is 1.35 bits per heavy atom. The van der Waals surface area contributed by atoms with Crippen LogP contribution in [0.3, 0.4) is 0 Å². The average Bonchev–Trinajstić information content (AvgIpc) is 2.60. The number of hydrogen-bond donors (Lipinski definition) is 0. The fourth-order valence-electron chi connectivity index (χ4n) is 1.88. The predicted octanol–water partition coefficient (Wildman–Crippen LogP) is 2.46. The number of aromatic nitrogens is 2. The smallest absolute Gasteiger partial charge is 0.170 e. The first kappa shape index (κ1) is 11.6. The molecule has 2 aromatic rings. The molecule has 17 heavy (non-hydrogen) atoms. The molecule has 0 aliphatic carbocycles. The summed E-state index contributed by atoms with van der Waals surface area (Å²) >= 11 is 0. The van der Waals surface area contributed by atoms with Crippen molar-refractivity contribution >= 4 is 5.78 Å². The van der Waals surface area contributed by atoms with Crippen molar-refractivity contribution in [2.75, 3.05) is 0 Å². The number of aryl methyl sites for hydroxylation is 2. The van der Waals surface area contributed by atoms with Crippen molar-refractivity contribution in [1.82, 2.24) is 9.78 Å². The normalized spacial score (nSPS) is 10.5. The van der Waals surface area contributed by atoms with Crippen LogP contribution in [0.1, 0.15) is 27.2 Å². The highest BCUT2D eigenvalue weighted by molar-refractivity contribution is 5.98. The summed E-state index contributed by atoms with van der Waals surface area (Å²) in [5.74, 6) is 0.126. The van der Waals surface area contributed by atoms with Crippen LogP contribution in [0.5, 0.6) is 0 Å². The molecule has 1 aromatic heterocycles. The molecule has 88 valence electrons. The molecule has 0 radical (unpaired) electrons. The fraction of sp³-hybridized carbons (Fsp3) is 0.286. The molecular formula is C14H16N2O. The van der Waals surface area contributed by atoms with Gasteiger partial charge in [-0.1, -0.05) is 29.8 Å². The number of nitrogens with zero attached hydrogens (tertiary/aromatic N) is 2. The summed E-state index contributed by atoms with van der Waals surface area (Å²) in [6.07, 6.45) is 2.08. The predicted molar refractivity (Wildman–Crippen MR) is 67.2 cm³/mol. The Balaban J connectivity index is 2.20. The first-order chi connectivity index (χ1) is 8.08. The lowest BCUT2D eigenvalue weighted by molar-refractivity contribution is 0.0992. The van der Waals surface area contributed by atoms with Gasteiger partial charge in [-0.05, 0) is 19.4 Å². The van der Waals surface area contributed by atoms with Crippen molar-refractivity contribution in [3.8, 4) is 0 Å². The zero-order valence-corrected chi connectivity index (χ0v) is 10.4. The number of rotatable bonds is 3. The molecule has 0 aliphatic rings. The van der Waals surface area contributed by atoms with Crippen LogP contribution in [-0.4, -0.2) is 15.6 Å². The summed E-state index contributed by atoms with van der Waals surface area (Å²) in [5.41, 5.74) is 3.87. The Bertz CT molecular complexity index is 555. The summed E-state index contributed by atoms with van der Waals surface area (Å²) in [6, 6.07) is 8.04. The van der Waals surface area contributed by atoms with E-state index in [1.54, 1.807) is 10.9 Å². The van der Waals surface area contributed by atoms with Crippen molar-refractivity contribution < 1.29 is 4.79 Å². The largest absolute Gasteiger partial charge is 0.294 e. The van der Waals surface area contributed by atoms with Gasteiger partial charge in [0.05, 0.1) is 11.8 Å². The average molecular weight is 228 g/mol. The van der Waals surface area contributed by atoms with Gasteiger partial charge < -0.3 is 0 Å². The van der Waals surface area contributed by atoms with Crippen LogP contribution >= 0.6 is 0 Å². The van der Waals surface area contributed by atoms with Gasteiger partial charge in [0.2, 0.25) is 0 Å². The first-order valence-electron chi connectivity index (χ1n) is 5.65. The van der Waals surface area contributed by atoms with Crippen LogP contribution in [0.25, 0.3) is 0 Å². The van der Waals surface area contributed by atoms with Crippen molar-refractivity contribution in [2.45, 2.75) is 20.3 Å². The van der Waals surface area contributed by atoms with E-state index in [2.05, 4.69) is 5.10 Å². The number of carbonyl (C=O) groups excluding carboxylic acids is 1. The van der Waals surface area contributed by atoms with Crippen LogP contribution in [0.4, 0.5) is 0 Å². The lowest BCUT2D eigenvalue weighted by Gasteiger charge is -2.02. The van der Waals surface area contributed by atoms with E-state index in [0.717, 1.165) is 11.3 Å². The van der Waals surface area contributed by atoms with E-state index in [1.165, 1.54) is 5.56 Å². The highest BCUT2D eigenvalue weighted by Gasteiger charge is 2.13. The molecule has 0 bridgehead atoms. The second-order valence-corrected chi connectivity index (χ2v) is 4.36. The van der Waals surface area contributed by atoms with Crippen molar-refractivity contribution in [2.24, 2.45) is 7.05 Å². The Kier molecular flexibility index (Phi) is 3.09. The second-order valence-electron chi connectivity index (χ2n) is 4.36. The van der Waals surface area contributed by atoms with Crippen LogP contribution in [0.2, 0.25) is 0 Å². The number of carbonyl (C=O) groups is 1. The summed E-state index contributed by atoms with van der Waals surface area (Å²) in [4.78, 5) is 12.1. The van der Waals surface area contributed by atoms with Crippen LogP contribution in [0.15, 0.2) is 30.5 Å². The van der Waals surface area contributed by atoms with Gasteiger partial charge in [-0.3, -0.25) is 9.48 Å². The Labute approximate surface area is 101 Å². The van der Waals surface area contributed by atoms with Gasteiger partial charge in [0.15, 0.2) is 5.78 Å². The van der Waals surface area contributed by atoms with Crippen molar-refractivity contribution in [1.29, 1.82) is 0 Å². The maximum atomic E-state index is 12.1. The number of ketones is 1. The monoisotopic (exact) mass is 228 g/mol. The molecule has 1 heterocycles. The van der Waals surface area contributed by atoms with E-state index in [9.17, 15) is 4.79 Å². The van der Waals surface area contributed by atoms with E-state index in [1.807, 2.05) is 45.2 Å². The van der Waals surface area contributed by atoms with Crippen LogP contribution in [-0.2, 0) is 13.5 Å². The quantitative estimate of drug-likeness (QED) is 0.756. The fourth-order valence-corrected chi connectivity index (χ4v) is 1.88. The number of hydrogen-bond acceptors (Lipinski definition) is 2. The van der Waals surface area contributed by atoms with E-state index >= 15 is 0 Å². The molecular weight excluding hydrogens is 212 g/mol.